The number of anilines is 1. The smallest absolute Gasteiger partial charge is 0.386 e. The molecule has 0 aliphatic carbocycles. The zero-order chi connectivity index (χ0) is 48.3. The van der Waals surface area contributed by atoms with Crippen molar-refractivity contribution in [1.82, 2.24) is 30.2 Å². The van der Waals surface area contributed by atoms with Gasteiger partial charge in [-0.05, 0) is 25.7 Å². The van der Waals surface area contributed by atoms with Crippen molar-refractivity contribution in [2.45, 2.75) is 135 Å². The van der Waals surface area contributed by atoms with Crippen molar-refractivity contribution in [3.8, 4) is 0 Å². The Morgan fingerprint density at radius 2 is 1.57 bits per heavy atom. The number of aliphatic hydroxyl groups is 2. The van der Waals surface area contributed by atoms with Crippen LogP contribution < -0.4 is 16.4 Å². The summed E-state index contributed by atoms with van der Waals surface area (Å²) < 4.78 is 62.4. The predicted molar refractivity (Wildman–Crippen MR) is 237 cm³/mol. The van der Waals surface area contributed by atoms with Gasteiger partial charge in [0.15, 0.2) is 22.8 Å². The maximum Gasteiger partial charge on any atom is 0.481 e. The second-order valence-electron chi connectivity index (χ2n) is 15.9. The van der Waals surface area contributed by atoms with Gasteiger partial charge in [0, 0.05) is 37.1 Å². The minimum atomic E-state index is -5.57. The number of amides is 2. The molecule has 1 saturated heterocycles. The molecule has 10 N–H and O–H groups in total. The number of rotatable bonds is 32. The third-order valence-corrected chi connectivity index (χ3v) is 13.9. The number of nitrogens with two attached hydrogens (primary N) is 1. The number of nitrogens with zero attached hydrogens (tertiary/aromatic N) is 4. The molecule has 0 aromatic carbocycles. The molecular formula is C37H64N7O17P3S. The summed E-state index contributed by atoms with van der Waals surface area (Å²) in [6, 6.07) is 0. The van der Waals surface area contributed by atoms with E-state index in [4.69, 9.17) is 19.5 Å². The van der Waals surface area contributed by atoms with E-state index in [1.54, 1.807) is 0 Å². The molecular weight excluding hydrogens is 939 g/mol. The number of phosphoric ester groups is 3. The van der Waals surface area contributed by atoms with Gasteiger partial charge in [0.2, 0.25) is 11.8 Å². The summed E-state index contributed by atoms with van der Waals surface area (Å²) >= 11 is 1.15. The highest BCUT2D eigenvalue weighted by Crippen LogP contribution is 2.61. The standard InChI is InChI=1S/C37H64N7O17P3S/c1-4-5-6-7-8-9-10-11-12-13-14-15-16-17-28(46)65-21-20-39-27(45)18-19-40-35(49)32(48)37(2,3)23-58-64(55,56)61-63(53,54)57-22-26-31(60-62(50,51)52)30(47)36(59-26)44-25-43-29-33(38)41-24-42-34(29)44/h7-8,24-26,30-32,36,47-48H,4-6,9-23H2,1-3H3,(H,39,45)(H,40,49)(H,53,54)(H,55,56)(H2,38,41,42)(H2,50,51,52)/t26-,30-,31-,32?,36-/m1/s1. The first-order valence-electron chi connectivity index (χ1n) is 21.3. The topological polar surface area (TPSA) is 364 Å². The lowest BCUT2D eigenvalue weighted by Crippen LogP contribution is -2.46. The molecule has 1 aliphatic heterocycles. The molecule has 65 heavy (non-hydrogen) atoms. The first-order chi connectivity index (χ1) is 30.6. The molecule has 7 atom stereocenters. The summed E-state index contributed by atoms with van der Waals surface area (Å²) in [5.41, 5.74) is 4.28. The molecule has 2 amide bonds. The van der Waals surface area contributed by atoms with Crippen LogP contribution in [0.25, 0.3) is 11.2 Å². The summed E-state index contributed by atoms with van der Waals surface area (Å²) in [5.74, 6) is -1.03. The number of unbranched alkanes of at least 4 members (excludes halogenated alkanes) is 9. The van der Waals surface area contributed by atoms with Crippen LogP contribution in [0.15, 0.2) is 24.8 Å². The molecule has 24 nitrogen and oxygen atoms in total. The van der Waals surface area contributed by atoms with Crippen molar-refractivity contribution in [2.24, 2.45) is 5.41 Å². The highest BCUT2D eigenvalue weighted by atomic mass is 32.2. The molecule has 0 spiro atoms. The third-order valence-electron chi connectivity index (χ3n) is 9.91. The molecule has 3 heterocycles. The number of thioether (sulfide) groups is 1. The lowest BCUT2D eigenvalue weighted by atomic mass is 9.87. The minimum absolute atomic E-state index is 0.0329. The van der Waals surface area contributed by atoms with E-state index >= 15 is 0 Å². The minimum Gasteiger partial charge on any atom is -0.386 e. The molecule has 1 fully saturated rings. The van der Waals surface area contributed by atoms with Crippen LogP contribution in [0.3, 0.4) is 0 Å². The number of allylic oxidation sites excluding steroid dienone is 2. The SMILES string of the molecule is CCCCC=CCCCCCCCCCC(=O)SCCNC(=O)CCNC(=O)C(O)C(C)(C)COP(=O)(O)OP(=O)(O)OC[C@H]1O[C@@H](n2cnc3c(N)ncnc32)[C@H](O)[C@@H]1OP(=O)(O)O. The van der Waals surface area contributed by atoms with Crippen LogP contribution in [-0.2, 0) is 50.7 Å². The normalized spacial score (nSPS) is 20.4. The first-order valence-corrected chi connectivity index (χ1v) is 26.8. The Bertz CT molecular complexity index is 2010. The largest absolute Gasteiger partial charge is 0.481 e. The second kappa shape index (κ2) is 27.3. The number of carbonyl (C=O) groups is 3. The molecule has 3 rings (SSSR count). The molecule has 2 aromatic rings. The highest BCUT2D eigenvalue weighted by molar-refractivity contribution is 8.13. The number of imidazole rings is 1. The summed E-state index contributed by atoms with van der Waals surface area (Å²) in [6.07, 6.45) is 10.6. The van der Waals surface area contributed by atoms with Gasteiger partial charge in [-0.25, -0.2) is 28.6 Å². The van der Waals surface area contributed by atoms with Crippen molar-refractivity contribution in [1.29, 1.82) is 0 Å². The van der Waals surface area contributed by atoms with Crippen molar-refractivity contribution < 1.29 is 80.5 Å². The number of fused-ring (bicyclic) bond motifs is 1. The summed E-state index contributed by atoms with van der Waals surface area (Å²) in [5, 5.41) is 26.6. The Morgan fingerprint density at radius 3 is 2.25 bits per heavy atom. The lowest BCUT2D eigenvalue weighted by molar-refractivity contribution is -0.137. The van der Waals surface area contributed by atoms with Gasteiger partial charge in [-0.15, -0.1) is 0 Å². The average Bonchev–Trinajstić information content (AvgIpc) is 3.79. The molecule has 0 saturated carbocycles. The fraction of sp³-hybridized carbons (Fsp3) is 0.730. The van der Waals surface area contributed by atoms with E-state index in [1.165, 1.54) is 52.4 Å². The number of nitrogens with one attached hydrogen (secondary N) is 2. The molecule has 370 valence electrons. The molecule has 0 bridgehead atoms. The van der Waals surface area contributed by atoms with Crippen LogP contribution in [0.5, 0.6) is 0 Å². The fourth-order valence-electron chi connectivity index (χ4n) is 6.34. The van der Waals surface area contributed by atoms with Crippen LogP contribution in [0, 0.1) is 5.41 Å². The molecule has 0 radical (unpaired) electrons. The monoisotopic (exact) mass is 1000 g/mol. The maximum atomic E-state index is 12.7. The molecule has 1 aliphatic rings. The van der Waals surface area contributed by atoms with E-state index < -0.39 is 84.6 Å². The van der Waals surface area contributed by atoms with E-state index in [-0.39, 0.29) is 41.6 Å². The van der Waals surface area contributed by atoms with Gasteiger partial charge in [-0.3, -0.25) is 32.5 Å². The first kappa shape index (κ1) is 56.6. The van der Waals surface area contributed by atoms with E-state index in [2.05, 4.69) is 53.5 Å². The number of ether oxygens (including phenoxy) is 1. The number of carbonyl (C=O) groups excluding carboxylic acids is 3. The Balaban J connectivity index is 1.33. The third kappa shape index (κ3) is 20.6. The van der Waals surface area contributed by atoms with E-state index in [9.17, 15) is 57.9 Å². The molecule has 3 unspecified atom stereocenters. The van der Waals surface area contributed by atoms with E-state index in [1.807, 2.05) is 0 Å². The van der Waals surface area contributed by atoms with Crippen molar-refractivity contribution >= 4 is 69.1 Å². The number of phosphoric acid groups is 3. The van der Waals surface area contributed by atoms with Gasteiger partial charge in [-0.1, -0.05) is 89.6 Å². The summed E-state index contributed by atoms with van der Waals surface area (Å²) in [4.78, 5) is 88.3. The predicted octanol–water partition coefficient (Wildman–Crippen LogP) is 3.92. The number of hydrogen-bond acceptors (Lipinski definition) is 18. The lowest BCUT2D eigenvalue weighted by Gasteiger charge is -2.30. The van der Waals surface area contributed by atoms with Gasteiger partial charge in [0.05, 0.1) is 19.5 Å². The van der Waals surface area contributed by atoms with Crippen LogP contribution in [-0.4, -0.2) is 123 Å². The van der Waals surface area contributed by atoms with Crippen molar-refractivity contribution in [2.75, 3.05) is 37.8 Å². The zero-order valence-electron chi connectivity index (χ0n) is 36.7. The second-order valence-corrected chi connectivity index (χ2v) is 21.3. The molecule has 28 heteroatoms. The zero-order valence-corrected chi connectivity index (χ0v) is 40.2. The Labute approximate surface area is 381 Å². The van der Waals surface area contributed by atoms with E-state index in [0.717, 1.165) is 61.1 Å². The Hall–Kier alpha value is -2.70. The van der Waals surface area contributed by atoms with Gasteiger partial charge >= 0.3 is 23.5 Å². The fourth-order valence-corrected chi connectivity index (χ4v) is 9.89. The van der Waals surface area contributed by atoms with Crippen LogP contribution in [0.2, 0.25) is 0 Å². The average molecular weight is 1000 g/mol. The van der Waals surface area contributed by atoms with Crippen molar-refractivity contribution in [3.05, 3.63) is 24.8 Å². The Kier molecular flexibility index (Phi) is 23.8. The molecule has 2 aromatic heterocycles. The summed E-state index contributed by atoms with van der Waals surface area (Å²) in [7, 11) is -16.4. The number of hydrogen-bond donors (Lipinski definition) is 9. The van der Waals surface area contributed by atoms with Crippen LogP contribution in [0.1, 0.15) is 110 Å². The number of aromatic nitrogens is 4. The van der Waals surface area contributed by atoms with Gasteiger partial charge in [-0.2, -0.15) is 4.31 Å². The number of aliphatic hydroxyl groups excluding tert-OH is 2. The van der Waals surface area contributed by atoms with Crippen LogP contribution in [0.4, 0.5) is 5.82 Å². The van der Waals surface area contributed by atoms with Gasteiger partial charge in [0.1, 0.15) is 36.3 Å². The maximum absolute atomic E-state index is 12.7. The van der Waals surface area contributed by atoms with Gasteiger partial charge in [0.25, 0.3) is 0 Å². The highest BCUT2D eigenvalue weighted by Gasteiger charge is 2.50. The van der Waals surface area contributed by atoms with Crippen molar-refractivity contribution in [3.63, 3.8) is 0 Å². The number of nitrogen functional groups attached to an aromatic ring is 1. The van der Waals surface area contributed by atoms with E-state index in [0.29, 0.717) is 12.2 Å². The Morgan fingerprint density at radius 1 is 0.923 bits per heavy atom. The summed E-state index contributed by atoms with van der Waals surface area (Å²) in [6.45, 7) is 2.76. The quantitative estimate of drug-likeness (QED) is 0.0285. The van der Waals surface area contributed by atoms with Crippen LogP contribution >= 0.6 is 35.2 Å². The van der Waals surface area contributed by atoms with Gasteiger partial charge < -0.3 is 50.9 Å².